The Morgan fingerprint density at radius 3 is 0.875 bits per heavy atom. The molecule has 380 valence electrons. The molecule has 1 amide bonds. The van der Waals surface area contributed by atoms with Crippen molar-refractivity contribution in [3.63, 3.8) is 0 Å². The van der Waals surface area contributed by atoms with Crippen LogP contribution in [0, 0.1) is 0 Å². The van der Waals surface area contributed by atoms with Gasteiger partial charge < -0.3 is 30.0 Å². The van der Waals surface area contributed by atoms with E-state index in [2.05, 4.69) is 28.6 Å². The van der Waals surface area contributed by atoms with Crippen LogP contribution in [0.4, 0.5) is 0 Å². The van der Waals surface area contributed by atoms with Crippen molar-refractivity contribution in [3.05, 3.63) is 0 Å². The van der Waals surface area contributed by atoms with E-state index in [4.69, 9.17) is 26.8 Å². The van der Waals surface area contributed by atoms with Gasteiger partial charge in [0.05, 0.1) is 26.4 Å². The van der Waals surface area contributed by atoms with Crippen LogP contribution >= 0.6 is 24.0 Å². The lowest BCUT2D eigenvalue weighted by Crippen LogP contribution is -2.48. The van der Waals surface area contributed by atoms with E-state index in [0.29, 0.717) is 12.8 Å². The highest BCUT2D eigenvalue weighted by molar-refractivity contribution is 6.63. The third-order valence-corrected chi connectivity index (χ3v) is 10.6. The highest BCUT2D eigenvalue weighted by Gasteiger charge is 2.31. The third kappa shape index (κ3) is 50.6. The van der Waals surface area contributed by atoms with Gasteiger partial charge in [0.2, 0.25) is 23.2 Å². The Morgan fingerprint density at radius 1 is 0.391 bits per heavy atom. The van der Waals surface area contributed by atoms with E-state index in [1.807, 2.05) is 0 Å². The number of hydrogen-bond acceptors (Lipinski definition) is 11. The molecule has 0 aromatic carbocycles. The quantitative estimate of drug-likeness (QED) is 0.0196. The van der Waals surface area contributed by atoms with E-state index < -0.39 is 36.0 Å². The molecule has 0 rings (SSSR count). The summed E-state index contributed by atoms with van der Waals surface area (Å²) in [6.45, 7) is 11.8. The van der Waals surface area contributed by atoms with E-state index in [1.54, 1.807) is 27.7 Å². The number of hydrogen-bond donors (Lipinski definition) is 2. The number of unbranched alkanes of at least 4 members (excludes halogenated alkanes) is 28. The van der Waals surface area contributed by atoms with Crippen LogP contribution in [-0.2, 0) is 47.7 Å². The zero-order valence-electron chi connectivity index (χ0n) is 41.6. The number of carbonyl (C=O) groups is 6. The SMILES string of the molecule is CCCCCCCCCCCCCCCCCC(=O)Cl.CCCCCCCCCCCCCCCCCC(=O)NC(C(=O)OCC)C(=O)OCC.CCOC(=O)C(N)C(=O)OCC.Cl. The lowest BCUT2D eigenvalue weighted by molar-refractivity contribution is -0.160. The largest absolute Gasteiger partial charge is 0.464 e. The molecule has 0 unspecified atom stereocenters. The van der Waals surface area contributed by atoms with Gasteiger partial charge in [-0.1, -0.05) is 194 Å². The first kappa shape index (κ1) is 68.1. The summed E-state index contributed by atoms with van der Waals surface area (Å²) in [5.74, 6) is -3.37. The first-order chi connectivity index (χ1) is 30.5. The van der Waals surface area contributed by atoms with Gasteiger partial charge in [-0.05, 0) is 52.1 Å². The van der Waals surface area contributed by atoms with Gasteiger partial charge in [0, 0.05) is 12.8 Å². The topological polar surface area (TPSA) is 177 Å². The van der Waals surface area contributed by atoms with Crippen LogP contribution < -0.4 is 11.1 Å². The number of amides is 1. The molecule has 0 spiro atoms. The lowest BCUT2D eigenvalue weighted by atomic mass is 10.0. The summed E-state index contributed by atoms with van der Waals surface area (Å²) in [6.07, 6.45) is 40.1. The van der Waals surface area contributed by atoms with Crippen LogP contribution in [0.1, 0.15) is 247 Å². The van der Waals surface area contributed by atoms with Gasteiger partial charge in [-0.15, -0.1) is 12.4 Å². The minimum Gasteiger partial charge on any atom is -0.464 e. The number of carbonyl (C=O) groups excluding carboxylic acids is 6. The number of nitrogens with one attached hydrogen (secondary N) is 1. The Balaban J connectivity index is -0.000000466. The maximum absolute atomic E-state index is 12.1. The Labute approximate surface area is 401 Å². The van der Waals surface area contributed by atoms with Crippen LogP contribution in [0.3, 0.4) is 0 Å². The molecule has 0 atom stereocenters. The lowest BCUT2D eigenvalue weighted by Gasteiger charge is -2.15. The van der Waals surface area contributed by atoms with Crippen LogP contribution in [0.2, 0.25) is 0 Å². The molecular weight excluding hydrogens is 859 g/mol. The second-order valence-electron chi connectivity index (χ2n) is 16.2. The number of ether oxygens (including phenoxy) is 4. The average molecular weight is 956 g/mol. The number of nitrogens with two attached hydrogens (primary N) is 1. The smallest absolute Gasteiger partial charge is 0.340 e. The zero-order chi connectivity index (χ0) is 47.6. The van der Waals surface area contributed by atoms with Gasteiger partial charge in [-0.3, -0.25) is 9.59 Å². The molecule has 3 N–H and O–H groups in total. The number of halogens is 2. The highest BCUT2D eigenvalue weighted by atomic mass is 35.5. The fourth-order valence-electron chi connectivity index (χ4n) is 6.75. The Kier molecular flexibility index (Phi) is 58.4. The summed E-state index contributed by atoms with van der Waals surface area (Å²) in [5.41, 5.74) is 5.18. The van der Waals surface area contributed by atoms with Gasteiger partial charge >= 0.3 is 23.9 Å². The Hall–Kier alpha value is -2.44. The molecule has 0 aromatic heterocycles. The van der Waals surface area contributed by atoms with Crippen molar-refractivity contribution in [1.82, 2.24) is 5.32 Å². The molecule has 14 heteroatoms. The van der Waals surface area contributed by atoms with E-state index >= 15 is 0 Å². The van der Waals surface area contributed by atoms with E-state index in [1.165, 1.54) is 161 Å². The standard InChI is InChI=1S/C25H47NO5.C18H35ClO.C7H13NO4.ClH/c1-4-7-8-9-10-11-12-13-14-15-16-17-18-19-20-21-22(27)26-23(24(28)30-5-2)25(29)31-6-3;1-2-3-4-5-6-7-8-9-10-11-12-13-14-15-16-17-18(19)20;1-3-11-6(9)5(8)7(10)12-4-2;/h23H,4-21H2,1-3H3,(H,26,27);2-17H2,1H3;5H,3-4,8H2,1-2H3;1H. The maximum atomic E-state index is 12.1. The zero-order valence-corrected chi connectivity index (χ0v) is 43.1. The summed E-state index contributed by atoms with van der Waals surface area (Å²) >= 11 is 5.30. The second kappa shape index (κ2) is 54.9. The molecule has 0 heterocycles. The molecule has 12 nitrogen and oxygen atoms in total. The van der Waals surface area contributed by atoms with Crippen molar-refractivity contribution in [3.8, 4) is 0 Å². The van der Waals surface area contributed by atoms with Crippen molar-refractivity contribution < 1.29 is 47.7 Å². The van der Waals surface area contributed by atoms with E-state index in [9.17, 15) is 28.8 Å². The van der Waals surface area contributed by atoms with Crippen molar-refractivity contribution in [1.29, 1.82) is 0 Å². The predicted octanol–water partition coefficient (Wildman–Crippen LogP) is 12.7. The number of esters is 4. The molecule has 0 saturated carbocycles. The van der Waals surface area contributed by atoms with E-state index in [-0.39, 0.29) is 50.0 Å². The second-order valence-corrected chi connectivity index (χ2v) is 16.7. The van der Waals surface area contributed by atoms with Crippen molar-refractivity contribution in [2.45, 2.75) is 259 Å². The van der Waals surface area contributed by atoms with Crippen LogP contribution in [-0.4, -0.2) is 73.5 Å². The normalized spacial score (nSPS) is 10.5. The summed E-state index contributed by atoms with van der Waals surface area (Å²) in [5, 5.41) is 2.27. The summed E-state index contributed by atoms with van der Waals surface area (Å²) in [6, 6.07) is -2.69. The molecular formula is C50H96Cl2N2O10. The minimum atomic E-state index is -1.37. The van der Waals surface area contributed by atoms with Gasteiger partial charge in [-0.25, -0.2) is 19.2 Å². The average Bonchev–Trinajstić information content (AvgIpc) is 3.25. The van der Waals surface area contributed by atoms with Crippen LogP contribution in [0.25, 0.3) is 0 Å². The molecule has 0 saturated heterocycles. The van der Waals surface area contributed by atoms with E-state index in [0.717, 1.165) is 32.1 Å². The molecule has 0 radical (unpaired) electrons. The highest BCUT2D eigenvalue weighted by Crippen LogP contribution is 2.15. The van der Waals surface area contributed by atoms with Crippen molar-refractivity contribution >= 4 is 59.0 Å². The maximum Gasteiger partial charge on any atom is 0.340 e. The molecule has 0 fully saturated rings. The van der Waals surface area contributed by atoms with Crippen molar-refractivity contribution in [2.24, 2.45) is 5.73 Å². The molecule has 64 heavy (non-hydrogen) atoms. The summed E-state index contributed by atoms with van der Waals surface area (Å²) < 4.78 is 18.7. The molecule has 0 aliphatic rings. The summed E-state index contributed by atoms with van der Waals surface area (Å²) in [7, 11) is 0. The van der Waals surface area contributed by atoms with Gasteiger partial charge in [-0.2, -0.15) is 0 Å². The summed E-state index contributed by atoms with van der Waals surface area (Å²) in [4.78, 5) is 68.0. The van der Waals surface area contributed by atoms with Crippen LogP contribution in [0.15, 0.2) is 0 Å². The monoisotopic (exact) mass is 955 g/mol. The Bertz CT molecular complexity index is 1060. The molecule has 0 aliphatic heterocycles. The number of rotatable bonds is 41. The van der Waals surface area contributed by atoms with Gasteiger partial charge in [0.15, 0.2) is 0 Å². The van der Waals surface area contributed by atoms with Crippen LogP contribution in [0.5, 0.6) is 0 Å². The predicted molar refractivity (Wildman–Crippen MR) is 264 cm³/mol. The fraction of sp³-hybridized carbons (Fsp3) is 0.880. The van der Waals surface area contributed by atoms with Crippen molar-refractivity contribution in [2.75, 3.05) is 26.4 Å². The first-order valence-electron chi connectivity index (χ1n) is 25.4. The molecule has 0 aliphatic carbocycles. The minimum absolute atomic E-state index is 0. The Morgan fingerprint density at radius 2 is 0.625 bits per heavy atom. The molecule has 0 aromatic rings. The fourth-order valence-corrected chi connectivity index (χ4v) is 6.88. The van der Waals surface area contributed by atoms with Gasteiger partial charge in [0.1, 0.15) is 0 Å². The molecule has 0 bridgehead atoms. The van der Waals surface area contributed by atoms with Gasteiger partial charge in [0.25, 0.3) is 0 Å². The third-order valence-electron chi connectivity index (χ3n) is 10.4. The first-order valence-corrected chi connectivity index (χ1v) is 25.7.